The van der Waals surface area contributed by atoms with E-state index >= 15 is 0 Å². The number of hydrogen-bond acceptors (Lipinski definition) is 3. The zero-order valence-electron chi connectivity index (χ0n) is 13.5. The normalized spacial score (nSPS) is 25.2. The molecular formula is C17H24N2O3S. The van der Waals surface area contributed by atoms with Gasteiger partial charge in [-0.3, -0.25) is 0 Å². The van der Waals surface area contributed by atoms with E-state index in [1.165, 1.54) is 5.56 Å². The van der Waals surface area contributed by atoms with Crippen molar-refractivity contribution >= 4 is 15.9 Å². The summed E-state index contributed by atoms with van der Waals surface area (Å²) in [5.74, 6) is 0.221. The fourth-order valence-corrected chi connectivity index (χ4v) is 5.43. The van der Waals surface area contributed by atoms with E-state index in [0.717, 1.165) is 31.2 Å². The van der Waals surface area contributed by atoms with Gasteiger partial charge >= 0.3 is 6.03 Å². The monoisotopic (exact) mass is 336 g/mol. The molecule has 2 amide bonds. The van der Waals surface area contributed by atoms with Crippen LogP contribution in [0.1, 0.15) is 43.2 Å². The predicted molar refractivity (Wildman–Crippen MR) is 90.1 cm³/mol. The molecule has 23 heavy (non-hydrogen) atoms. The largest absolute Gasteiger partial charge is 0.334 e. The van der Waals surface area contributed by atoms with Crippen molar-refractivity contribution in [3.8, 4) is 0 Å². The Bertz CT molecular complexity index is 694. The molecule has 0 spiro atoms. The first kappa shape index (κ1) is 16.3. The van der Waals surface area contributed by atoms with Crippen LogP contribution in [0.4, 0.5) is 4.79 Å². The number of amides is 2. The summed E-state index contributed by atoms with van der Waals surface area (Å²) in [6.07, 6.45) is 4.53. The molecule has 1 saturated carbocycles. The molecule has 1 aromatic rings. The van der Waals surface area contributed by atoms with Crippen LogP contribution >= 0.6 is 0 Å². The van der Waals surface area contributed by atoms with E-state index in [0.29, 0.717) is 6.42 Å². The lowest BCUT2D eigenvalue weighted by molar-refractivity contribution is 0.221. The average molecular weight is 336 g/mol. The van der Waals surface area contributed by atoms with E-state index < -0.39 is 9.84 Å². The maximum Gasteiger partial charge on any atom is 0.315 e. The van der Waals surface area contributed by atoms with Gasteiger partial charge in [0.2, 0.25) is 0 Å². The third kappa shape index (κ3) is 3.68. The fraction of sp³-hybridized carbons (Fsp3) is 0.588. The van der Waals surface area contributed by atoms with Gasteiger partial charge in [0.1, 0.15) is 0 Å². The number of benzene rings is 1. The van der Waals surface area contributed by atoms with Crippen LogP contribution in [0, 0.1) is 6.92 Å². The standard InChI is InChI=1S/C17H24N2O3S/c1-13-5-4-6-14(11-13)17(8-2-3-9-17)19-16(20)18-15-7-10-23(21,22)12-15/h4-6,11,15H,2-3,7-10,12H2,1H3,(H2,18,19,20)/t15-/m1/s1. The summed E-state index contributed by atoms with van der Waals surface area (Å²) in [6.45, 7) is 2.05. The van der Waals surface area contributed by atoms with Crippen molar-refractivity contribution < 1.29 is 13.2 Å². The van der Waals surface area contributed by atoms with Crippen LogP contribution in [0.3, 0.4) is 0 Å². The maximum absolute atomic E-state index is 12.4. The summed E-state index contributed by atoms with van der Waals surface area (Å²) in [4.78, 5) is 12.4. The summed E-state index contributed by atoms with van der Waals surface area (Å²) in [5.41, 5.74) is 2.00. The van der Waals surface area contributed by atoms with E-state index in [2.05, 4.69) is 35.8 Å². The molecule has 1 aromatic carbocycles. The van der Waals surface area contributed by atoms with Crippen molar-refractivity contribution in [2.24, 2.45) is 0 Å². The molecule has 1 saturated heterocycles. The zero-order valence-corrected chi connectivity index (χ0v) is 14.3. The molecule has 2 aliphatic rings. The molecule has 1 aliphatic heterocycles. The van der Waals surface area contributed by atoms with Gasteiger partial charge in [-0.15, -0.1) is 0 Å². The van der Waals surface area contributed by atoms with Crippen molar-refractivity contribution in [1.29, 1.82) is 0 Å². The van der Waals surface area contributed by atoms with Crippen molar-refractivity contribution in [1.82, 2.24) is 10.6 Å². The lowest BCUT2D eigenvalue weighted by atomic mass is 9.87. The Morgan fingerprint density at radius 2 is 2.00 bits per heavy atom. The summed E-state index contributed by atoms with van der Waals surface area (Å²) < 4.78 is 23.0. The molecule has 126 valence electrons. The van der Waals surface area contributed by atoms with E-state index in [1.807, 2.05) is 6.07 Å². The van der Waals surface area contributed by atoms with Crippen molar-refractivity contribution in [2.75, 3.05) is 11.5 Å². The second-order valence-electron chi connectivity index (χ2n) is 6.86. The summed E-state index contributed by atoms with van der Waals surface area (Å²) in [5, 5.41) is 5.99. The molecule has 1 heterocycles. The number of aryl methyl sites for hydroxylation is 1. The highest BCUT2D eigenvalue weighted by molar-refractivity contribution is 7.91. The first-order chi connectivity index (χ1) is 10.9. The molecule has 1 aliphatic carbocycles. The van der Waals surface area contributed by atoms with Gasteiger partial charge in [-0.05, 0) is 31.7 Å². The average Bonchev–Trinajstić information content (AvgIpc) is 3.06. The van der Waals surface area contributed by atoms with Crippen LogP contribution in [-0.4, -0.2) is 32.0 Å². The molecule has 1 atom stereocenters. The van der Waals surface area contributed by atoms with Gasteiger partial charge in [0.15, 0.2) is 9.84 Å². The topological polar surface area (TPSA) is 75.3 Å². The van der Waals surface area contributed by atoms with Crippen molar-refractivity contribution in [2.45, 2.75) is 50.6 Å². The number of carbonyl (C=O) groups is 1. The number of carbonyl (C=O) groups excluding carboxylic acids is 1. The number of urea groups is 1. The number of hydrogen-bond donors (Lipinski definition) is 2. The minimum Gasteiger partial charge on any atom is -0.334 e. The Labute approximate surface area is 137 Å². The van der Waals surface area contributed by atoms with Gasteiger partial charge in [-0.25, -0.2) is 13.2 Å². The van der Waals surface area contributed by atoms with Crippen LogP contribution < -0.4 is 10.6 Å². The van der Waals surface area contributed by atoms with E-state index in [4.69, 9.17) is 0 Å². The van der Waals surface area contributed by atoms with E-state index in [-0.39, 0.29) is 29.1 Å². The third-order valence-corrected chi connectivity index (χ3v) is 6.72. The highest BCUT2D eigenvalue weighted by atomic mass is 32.2. The molecule has 6 heteroatoms. The number of nitrogens with one attached hydrogen (secondary N) is 2. The molecule has 0 bridgehead atoms. The number of sulfone groups is 1. The minimum atomic E-state index is -2.98. The Morgan fingerprint density at radius 1 is 1.26 bits per heavy atom. The molecule has 5 nitrogen and oxygen atoms in total. The lowest BCUT2D eigenvalue weighted by Crippen LogP contribution is -2.51. The molecule has 0 radical (unpaired) electrons. The van der Waals surface area contributed by atoms with Crippen LogP contribution in [-0.2, 0) is 15.4 Å². The van der Waals surface area contributed by atoms with Crippen LogP contribution in [0.5, 0.6) is 0 Å². The van der Waals surface area contributed by atoms with Gasteiger partial charge in [-0.2, -0.15) is 0 Å². The fourth-order valence-electron chi connectivity index (χ4n) is 3.75. The second kappa shape index (κ2) is 6.15. The highest BCUT2D eigenvalue weighted by Gasteiger charge is 2.38. The Morgan fingerprint density at radius 3 is 2.61 bits per heavy atom. The third-order valence-electron chi connectivity index (χ3n) is 4.95. The van der Waals surface area contributed by atoms with Crippen molar-refractivity contribution in [3.05, 3.63) is 35.4 Å². The summed E-state index contributed by atoms with van der Waals surface area (Å²) in [6, 6.07) is 7.75. The van der Waals surface area contributed by atoms with Crippen molar-refractivity contribution in [3.63, 3.8) is 0 Å². The predicted octanol–water partition coefficient (Wildman–Crippen LogP) is 2.25. The van der Waals surface area contributed by atoms with Gasteiger partial charge in [-0.1, -0.05) is 42.7 Å². The molecule has 0 aromatic heterocycles. The van der Waals surface area contributed by atoms with E-state index in [1.54, 1.807) is 0 Å². The zero-order chi connectivity index (χ0) is 16.5. The smallest absolute Gasteiger partial charge is 0.315 e. The Hall–Kier alpha value is -1.56. The second-order valence-corrected chi connectivity index (χ2v) is 9.09. The molecular weight excluding hydrogens is 312 g/mol. The van der Waals surface area contributed by atoms with Gasteiger partial charge < -0.3 is 10.6 Å². The number of rotatable bonds is 3. The molecule has 3 rings (SSSR count). The summed E-state index contributed by atoms with van der Waals surface area (Å²) >= 11 is 0. The summed E-state index contributed by atoms with van der Waals surface area (Å²) in [7, 11) is -2.98. The van der Waals surface area contributed by atoms with Crippen LogP contribution in [0.25, 0.3) is 0 Å². The molecule has 2 N–H and O–H groups in total. The van der Waals surface area contributed by atoms with Gasteiger partial charge in [0, 0.05) is 6.04 Å². The quantitative estimate of drug-likeness (QED) is 0.889. The van der Waals surface area contributed by atoms with Gasteiger partial charge in [0.05, 0.1) is 17.0 Å². The van der Waals surface area contributed by atoms with Crippen LogP contribution in [0.15, 0.2) is 24.3 Å². The van der Waals surface area contributed by atoms with Gasteiger partial charge in [0.25, 0.3) is 0 Å². The Kier molecular flexibility index (Phi) is 4.36. The first-order valence-electron chi connectivity index (χ1n) is 8.25. The highest BCUT2D eigenvalue weighted by Crippen LogP contribution is 2.39. The van der Waals surface area contributed by atoms with E-state index in [9.17, 15) is 13.2 Å². The SMILES string of the molecule is Cc1cccc(C2(NC(=O)N[C@@H]3CCS(=O)(=O)C3)CCCC2)c1. The first-order valence-corrected chi connectivity index (χ1v) is 10.1. The maximum atomic E-state index is 12.4. The lowest BCUT2D eigenvalue weighted by Gasteiger charge is -2.32. The minimum absolute atomic E-state index is 0.0534. The Balaban J connectivity index is 1.71. The van der Waals surface area contributed by atoms with Crippen LogP contribution in [0.2, 0.25) is 0 Å². The molecule has 2 fully saturated rings. The molecule has 0 unspecified atom stereocenters.